The van der Waals surface area contributed by atoms with E-state index < -0.39 is 0 Å². The maximum atomic E-state index is 2.51. The second-order valence-electron chi connectivity index (χ2n) is 3.07. The first kappa shape index (κ1) is 7.11. The van der Waals surface area contributed by atoms with E-state index in [2.05, 4.69) is 13.3 Å². The summed E-state index contributed by atoms with van der Waals surface area (Å²) in [5.74, 6) is 1.03. The first-order chi connectivity index (χ1) is 4.43. The zero-order chi connectivity index (χ0) is 6.53. The first-order valence-corrected chi connectivity index (χ1v) is 4.27. The van der Waals surface area contributed by atoms with Crippen LogP contribution < -0.4 is 0 Å². The van der Waals surface area contributed by atoms with Crippen molar-refractivity contribution in [1.29, 1.82) is 0 Å². The van der Waals surface area contributed by atoms with E-state index in [0.717, 1.165) is 5.92 Å². The molecule has 0 heteroatoms. The minimum absolute atomic E-state index is 1.03. The molecule has 0 nitrogen and oxygen atoms in total. The average molecular weight is 125 g/mol. The number of hydrogen-bond donors (Lipinski definition) is 0. The van der Waals surface area contributed by atoms with Crippen LogP contribution in [0, 0.1) is 12.3 Å². The summed E-state index contributed by atoms with van der Waals surface area (Å²) in [5.41, 5.74) is 0. The fourth-order valence-electron chi connectivity index (χ4n) is 1.08. The van der Waals surface area contributed by atoms with E-state index in [4.69, 9.17) is 0 Å². The minimum Gasteiger partial charge on any atom is -0.0654 e. The molecule has 1 rings (SSSR count). The summed E-state index contributed by atoms with van der Waals surface area (Å²) in [6.45, 7) is 2.26. The highest BCUT2D eigenvalue weighted by Crippen LogP contribution is 2.33. The highest BCUT2D eigenvalue weighted by atomic mass is 14.2. The predicted molar refractivity (Wildman–Crippen MR) is 41.2 cm³/mol. The van der Waals surface area contributed by atoms with Crippen molar-refractivity contribution < 1.29 is 0 Å². The number of unbranched alkanes of at least 4 members (excludes halogenated alkanes) is 3. The lowest BCUT2D eigenvalue weighted by Gasteiger charge is -1.94. The van der Waals surface area contributed by atoms with E-state index in [1.807, 2.05) is 0 Å². The molecular formula is C9H17. The third-order valence-corrected chi connectivity index (χ3v) is 1.93. The second kappa shape index (κ2) is 3.92. The van der Waals surface area contributed by atoms with Crippen molar-refractivity contribution in [2.24, 2.45) is 5.92 Å². The van der Waals surface area contributed by atoms with Gasteiger partial charge in [-0.25, -0.2) is 0 Å². The van der Waals surface area contributed by atoms with E-state index in [1.165, 1.54) is 38.5 Å². The first-order valence-electron chi connectivity index (χ1n) is 4.27. The molecule has 0 aliphatic heterocycles. The Hall–Kier alpha value is 0. The van der Waals surface area contributed by atoms with Crippen LogP contribution in [0.4, 0.5) is 0 Å². The fraction of sp³-hybridized carbons (Fsp3) is 0.889. The average Bonchev–Trinajstić information content (AvgIpc) is 2.63. The number of rotatable bonds is 5. The van der Waals surface area contributed by atoms with Gasteiger partial charge < -0.3 is 0 Å². The van der Waals surface area contributed by atoms with Crippen LogP contribution in [0.25, 0.3) is 0 Å². The maximum Gasteiger partial charge on any atom is -0.0355 e. The Kier molecular flexibility index (Phi) is 3.10. The van der Waals surface area contributed by atoms with E-state index >= 15 is 0 Å². The van der Waals surface area contributed by atoms with Gasteiger partial charge in [-0.05, 0) is 31.6 Å². The van der Waals surface area contributed by atoms with Crippen LogP contribution in [-0.2, 0) is 0 Å². The molecule has 1 radical (unpaired) electrons. The number of hydrogen-bond acceptors (Lipinski definition) is 0. The van der Waals surface area contributed by atoms with Crippen molar-refractivity contribution >= 4 is 0 Å². The van der Waals surface area contributed by atoms with Crippen molar-refractivity contribution in [1.82, 2.24) is 0 Å². The molecule has 0 atom stereocenters. The summed E-state index contributed by atoms with van der Waals surface area (Å²) in [4.78, 5) is 0. The lowest BCUT2D eigenvalue weighted by molar-refractivity contribution is 0.688. The van der Waals surface area contributed by atoms with Gasteiger partial charge in [0.1, 0.15) is 0 Å². The molecule has 1 aliphatic carbocycles. The van der Waals surface area contributed by atoms with Crippen LogP contribution in [0.3, 0.4) is 0 Å². The molecule has 0 aromatic heterocycles. The van der Waals surface area contributed by atoms with Crippen LogP contribution in [0.1, 0.15) is 45.4 Å². The highest BCUT2D eigenvalue weighted by Gasteiger charge is 2.19. The van der Waals surface area contributed by atoms with Crippen LogP contribution in [0.15, 0.2) is 0 Å². The lowest BCUT2D eigenvalue weighted by atomic mass is 10.1. The van der Waals surface area contributed by atoms with Crippen LogP contribution >= 0.6 is 0 Å². The molecule has 1 saturated carbocycles. The normalized spacial score (nSPS) is 18.3. The van der Waals surface area contributed by atoms with Gasteiger partial charge in [0.05, 0.1) is 0 Å². The van der Waals surface area contributed by atoms with Crippen molar-refractivity contribution in [3.05, 3.63) is 6.42 Å². The fourth-order valence-corrected chi connectivity index (χ4v) is 1.08. The van der Waals surface area contributed by atoms with Crippen molar-refractivity contribution in [2.75, 3.05) is 0 Å². The van der Waals surface area contributed by atoms with Gasteiger partial charge in [0.25, 0.3) is 0 Å². The summed E-state index contributed by atoms with van der Waals surface area (Å²) < 4.78 is 0. The largest absolute Gasteiger partial charge is 0.0654 e. The Morgan fingerprint density at radius 3 is 2.67 bits per heavy atom. The van der Waals surface area contributed by atoms with E-state index in [0.29, 0.717) is 0 Å². The van der Waals surface area contributed by atoms with Crippen LogP contribution in [0.5, 0.6) is 0 Å². The second-order valence-corrected chi connectivity index (χ2v) is 3.07. The monoisotopic (exact) mass is 125 g/mol. The molecule has 0 amide bonds. The van der Waals surface area contributed by atoms with Crippen LogP contribution in [0.2, 0.25) is 0 Å². The van der Waals surface area contributed by atoms with Crippen molar-refractivity contribution in [2.45, 2.75) is 45.4 Å². The topological polar surface area (TPSA) is 0 Å². The van der Waals surface area contributed by atoms with Gasteiger partial charge in [-0.1, -0.05) is 26.2 Å². The Bertz CT molecular complexity index is 62.4. The Balaban J connectivity index is 1.71. The molecule has 0 saturated heterocycles. The third-order valence-electron chi connectivity index (χ3n) is 1.93. The van der Waals surface area contributed by atoms with Gasteiger partial charge in [0.2, 0.25) is 0 Å². The summed E-state index contributed by atoms with van der Waals surface area (Å²) in [7, 11) is 0. The van der Waals surface area contributed by atoms with Gasteiger partial charge >= 0.3 is 0 Å². The molecule has 0 heterocycles. The van der Waals surface area contributed by atoms with E-state index in [1.54, 1.807) is 0 Å². The van der Waals surface area contributed by atoms with E-state index in [9.17, 15) is 0 Å². The third kappa shape index (κ3) is 3.56. The Morgan fingerprint density at radius 2 is 2.11 bits per heavy atom. The molecule has 0 aromatic carbocycles. The molecular weight excluding hydrogens is 108 g/mol. The van der Waals surface area contributed by atoms with Crippen molar-refractivity contribution in [3.63, 3.8) is 0 Å². The summed E-state index contributed by atoms with van der Waals surface area (Å²) in [6.07, 6.45) is 11.0. The molecule has 9 heavy (non-hydrogen) atoms. The van der Waals surface area contributed by atoms with E-state index in [-0.39, 0.29) is 0 Å². The summed E-state index contributed by atoms with van der Waals surface area (Å²) in [5, 5.41) is 0. The van der Waals surface area contributed by atoms with Gasteiger partial charge in [-0.15, -0.1) is 0 Å². The molecule has 0 spiro atoms. The summed E-state index contributed by atoms with van der Waals surface area (Å²) >= 11 is 0. The Morgan fingerprint density at radius 1 is 1.33 bits per heavy atom. The highest BCUT2D eigenvalue weighted by molar-refractivity contribution is 4.86. The zero-order valence-electron chi connectivity index (χ0n) is 6.40. The zero-order valence-corrected chi connectivity index (χ0v) is 6.40. The molecule has 0 bridgehead atoms. The van der Waals surface area contributed by atoms with Gasteiger partial charge in [0.15, 0.2) is 0 Å². The SMILES string of the molecule is CCCCC[CH]C1CC1. The molecule has 0 N–H and O–H groups in total. The smallest absolute Gasteiger partial charge is 0.0355 e. The standard InChI is InChI=1S/C9H17/c1-2-3-4-5-6-9-7-8-9/h6,9H,2-5,7-8H2,1H3. The Labute approximate surface area is 58.7 Å². The minimum atomic E-state index is 1.03. The quantitative estimate of drug-likeness (QED) is 0.495. The van der Waals surface area contributed by atoms with Crippen LogP contribution in [-0.4, -0.2) is 0 Å². The lowest BCUT2D eigenvalue weighted by Crippen LogP contribution is -1.79. The molecule has 1 aliphatic rings. The van der Waals surface area contributed by atoms with Gasteiger partial charge in [0, 0.05) is 0 Å². The van der Waals surface area contributed by atoms with Gasteiger partial charge in [-0.3, -0.25) is 0 Å². The predicted octanol–water partition coefficient (Wildman–Crippen LogP) is 3.18. The molecule has 0 aromatic rings. The molecule has 0 unspecified atom stereocenters. The molecule has 1 fully saturated rings. The maximum absolute atomic E-state index is 2.51. The van der Waals surface area contributed by atoms with Gasteiger partial charge in [-0.2, -0.15) is 0 Å². The summed E-state index contributed by atoms with van der Waals surface area (Å²) in [6, 6.07) is 0. The molecule has 53 valence electrons. The van der Waals surface area contributed by atoms with Crippen molar-refractivity contribution in [3.8, 4) is 0 Å².